The molecule has 1 heterocycles. The Morgan fingerprint density at radius 1 is 1.65 bits per heavy atom. The smallest absolute Gasteiger partial charge is 0.323 e. The van der Waals surface area contributed by atoms with E-state index in [1.807, 2.05) is 6.07 Å². The summed E-state index contributed by atoms with van der Waals surface area (Å²) >= 11 is 0. The van der Waals surface area contributed by atoms with Crippen molar-refractivity contribution in [2.24, 2.45) is 5.92 Å². The van der Waals surface area contributed by atoms with Crippen molar-refractivity contribution in [2.45, 2.75) is 12.8 Å². The van der Waals surface area contributed by atoms with Gasteiger partial charge in [-0.2, -0.15) is 5.26 Å². The van der Waals surface area contributed by atoms with Gasteiger partial charge in [0.25, 0.3) is 0 Å². The molecule has 1 aliphatic rings. The fourth-order valence-electron chi connectivity index (χ4n) is 1.71. The Morgan fingerprint density at radius 3 is 3.00 bits per heavy atom. The average Bonchev–Trinajstić information content (AvgIpc) is 3.12. The lowest BCUT2D eigenvalue weighted by Crippen LogP contribution is -2.31. The van der Waals surface area contributed by atoms with Crippen molar-refractivity contribution in [1.82, 2.24) is 4.98 Å². The highest BCUT2D eigenvalue weighted by atomic mass is 16.4. The van der Waals surface area contributed by atoms with Gasteiger partial charge in [-0.3, -0.25) is 4.79 Å². The lowest BCUT2D eigenvalue weighted by Gasteiger charge is -2.22. The number of nitrogens with zero attached hydrogens (tertiary/aromatic N) is 3. The lowest BCUT2D eigenvalue weighted by molar-refractivity contribution is -0.135. The van der Waals surface area contributed by atoms with E-state index in [1.165, 1.54) is 6.20 Å². The van der Waals surface area contributed by atoms with Gasteiger partial charge in [0.15, 0.2) is 0 Å². The van der Waals surface area contributed by atoms with Gasteiger partial charge in [-0.1, -0.05) is 0 Å². The molecule has 0 radical (unpaired) electrons. The van der Waals surface area contributed by atoms with E-state index in [0.29, 0.717) is 11.6 Å². The summed E-state index contributed by atoms with van der Waals surface area (Å²) in [6.07, 6.45) is 3.86. The van der Waals surface area contributed by atoms with Crippen LogP contribution in [0.4, 0.5) is 5.69 Å². The summed E-state index contributed by atoms with van der Waals surface area (Å²) in [4.78, 5) is 16.5. The SMILES string of the molecule is N#Cc1cc(N(CC(=O)O)CC2CC2)ccn1. The van der Waals surface area contributed by atoms with E-state index >= 15 is 0 Å². The Labute approximate surface area is 99.3 Å². The van der Waals surface area contributed by atoms with E-state index in [0.717, 1.165) is 25.1 Å². The van der Waals surface area contributed by atoms with Crippen LogP contribution in [-0.4, -0.2) is 29.1 Å². The van der Waals surface area contributed by atoms with E-state index in [1.54, 1.807) is 17.0 Å². The zero-order valence-corrected chi connectivity index (χ0v) is 9.33. The van der Waals surface area contributed by atoms with Crippen molar-refractivity contribution in [3.8, 4) is 6.07 Å². The molecule has 0 atom stereocenters. The molecule has 1 saturated carbocycles. The Bertz CT molecular complexity index is 463. The highest BCUT2D eigenvalue weighted by Crippen LogP contribution is 2.31. The molecule has 1 N–H and O–H groups in total. The molecule has 17 heavy (non-hydrogen) atoms. The second kappa shape index (κ2) is 4.83. The summed E-state index contributed by atoms with van der Waals surface area (Å²) in [5.74, 6) is -0.269. The fourth-order valence-corrected chi connectivity index (χ4v) is 1.71. The third kappa shape index (κ3) is 3.18. The molecule has 0 spiro atoms. The summed E-state index contributed by atoms with van der Waals surface area (Å²) in [5.41, 5.74) is 1.07. The second-order valence-electron chi connectivity index (χ2n) is 4.23. The van der Waals surface area contributed by atoms with Crippen molar-refractivity contribution < 1.29 is 9.90 Å². The van der Waals surface area contributed by atoms with E-state index in [-0.39, 0.29) is 6.54 Å². The molecule has 1 aromatic heterocycles. The summed E-state index contributed by atoms with van der Waals surface area (Å²) in [7, 11) is 0. The Kier molecular flexibility index (Phi) is 3.24. The second-order valence-corrected chi connectivity index (χ2v) is 4.23. The summed E-state index contributed by atoms with van der Waals surface area (Å²) in [5, 5.41) is 17.7. The fraction of sp³-hybridized carbons (Fsp3) is 0.417. The molecule has 0 unspecified atom stereocenters. The van der Waals surface area contributed by atoms with Gasteiger partial charge in [0, 0.05) is 18.4 Å². The van der Waals surface area contributed by atoms with Crippen molar-refractivity contribution in [1.29, 1.82) is 5.26 Å². The quantitative estimate of drug-likeness (QED) is 0.825. The largest absolute Gasteiger partial charge is 0.480 e. The van der Waals surface area contributed by atoms with Crippen LogP contribution in [0.25, 0.3) is 0 Å². The predicted molar refractivity (Wildman–Crippen MR) is 61.5 cm³/mol. The molecule has 88 valence electrons. The third-order valence-electron chi connectivity index (χ3n) is 2.72. The molecule has 1 aliphatic carbocycles. The van der Waals surface area contributed by atoms with Crippen LogP contribution < -0.4 is 4.90 Å². The molecule has 0 bridgehead atoms. The summed E-state index contributed by atoms with van der Waals surface area (Å²) < 4.78 is 0. The van der Waals surface area contributed by atoms with Gasteiger partial charge in [0.2, 0.25) is 0 Å². The molecule has 5 nitrogen and oxygen atoms in total. The number of carboxylic acid groups (broad SMARTS) is 1. The molecule has 1 fully saturated rings. The topological polar surface area (TPSA) is 77.2 Å². The van der Waals surface area contributed by atoms with Crippen LogP contribution in [-0.2, 0) is 4.79 Å². The van der Waals surface area contributed by atoms with Gasteiger partial charge in [0.05, 0.1) is 0 Å². The van der Waals surface area contributed by atoms with Crippen LogP contribution in [0.1, 0.15) is 18.5 Å². The van der Waals surface area contributed by atoms with Crippen molar-refractivity contribution in [2.75, 3.05) is 18.0 Å². The van der Waals surface area contributed by atoms with E-state index < -0.39 is 5.97 Å². The number of hydrogen-bond donors (Lipinski definition) is 1. The van der Waals surface area contributed by atoms with Gasteiger partial charge in [-0.05, 0) is 30.9 Å². The van der Waals surface area contributed by atoms with Crippen LogP contribution in [0, 0.1) is 17.2 Å². The first kappa shape index (κ1) is 11.4. The van der Waals surface area contributed by atoms with E-state index in [4.69, 9.17) is 10.4 Å². The Morgan fingerprint density at radius 2 is 2.41 bits per heavy atom. The van der Waals surface area contributed by atoms with E-state index in [2.05, 4.69) is 4.98 Å². The molecular weight excluding hydrogens is 218 g/mol. The predicted octanol–water partition coefficient (Wildman–Crippen LogP) is 1.25. The number of pyridine rings is 1. The highest BCUT2D eigenvalue weighted by molar-refractivity contribution is 5.73. The standard InChI is InChI=1S/C12H13N3O2/c13-6-10-5-11(3-4-14-10)15(8-12(16)17)7-9-1-2-9/h3-5,9H,1-2,7-8H2,(H,16,17). The van der Waals surface area contributed by atoms with Crippen molar-refractivity contribution in [3.05, 3.63) is 24.0 Å². The summed E-state index contributed by atoms with van der Waals surface area (Å²) in [6.45, 7) is 0.701. The minimum absolute atomic E-state index is 0.0363. The average molecular weight is 231 g/mol. The van der Waals surface area contributed by atoms with E-state index in [9.17, 15) is 4.79 Å². The van der Waals surface area contributed by atoms with Crippen molar-refractivity contribution in [3.63, 3.8) is 0 Å². The first-order valence-corrected chi connectivity index (χ1v) is 5.52. The molecule has 0 aliphatic heterocycles. The molecule has 5 heteroatoms. The first-order valence-electron chi connectivity index (χ1n) is 5.52. The molecule has 0 amide bonds. The minimum Gasteiger partial charge on any atom is -0.480 e. The Hall–Kier alpha value is -2.09. The molecule has 2 rings (SSSR count). The number of rotatable bonds is 5. The molecule has 0 aromatic carbocycles. The number of nitriles is 1. The lowest BCUT2D eigenvalue weighted by atomic mass is 10.2. The van der Waals surface area contributed by atoms with Crippen LogP contribution in [0.5, 0.6) is 0 Å². The number of carboxylic acids is 1. The molecular formula is C12H13N3O2. The molecule has 0 saturated heterocycles. The monoisotopic (exact) mass is 231 g/mol. The van der Waals surface area contributed by atoms with Crippen LogP contribution in [0.2, 0.25) is 0 Å². The number of hydrogen-bond acceptors (Lipinski definition) is 4. The normalized spacial score (nSPS) is 14.1. The maximum absolute atomic E-state index is 10.8. The summed E-state index contributed by atoms with van der Waals surface area (Å²) in [6, 6.07) is 5.33. The van der Waals surface area contributed by atoms with Gasteiger partial charge in [-0.25, -0.2) is 4.98 Å². The molecule has 1 aromatic rings. The van der Waals surface area contributed by atoms with Crippen LogP contribution in [0.3, 0.4) is 0 Å². The zero-order valence-electron chi connectivity index (χ0n) is 9.33. The van der Waals surface area contributed by atoms with Crippen molar-refractivity contribution >= 4 is 11.7 Å². The van der Waals surface area contributed by atoms with Gasteiger partial charge in [-0.15, -0.1) is 0 Å². The van der Waals surface area contributed by atoms with Gasteiger partial charge >= 0.3 is 5.97 Å². The van der Waals surface area contributed by atoms with Crippen LogP contribution >= 0.6 is 0 Å². The van der Waals surface area contributed by atoms with Crippen LogP contribution in [0.15, 0.2) is 18.3 Å². The highest BCUT2D eigenvalue weighted by Gasteiger charge is 2.25. The zero-order chi connectivity index (χ0) is 12.3. The third-order valence-corrected chi connectivity index (χ3v) is 2.72. The number of aliphatic carboxylic acids is 1. The maximum Gasteiger partial charge on any atom is 0.323 e. The number of anilines is 1. The Balaban J connectivity index is 2.17. The van der Waals surface area contributed by atoms with Gasteiger partial charge < -0.3 is 10.0 Å². The maximum atomic E-state index is 10.8. The number of aromatic nitrogens is 1. The number of carbonyl (C=O) groups is 1. The minimum atomic E-state index is -0.860. The van der Waals surface area contributed by atoms with Gasteiger partial charge in [0.1, 0.15) is 18.3 Å². The first-order chi connectivity index (χ1) is 8.19.